The van der Waals surface area contributed by atoms with Crippen molar-refractivity contribution in [3.63, 3.8) is 0 Å². The first-order valence-electron chi connectivity index (χ1n) is 5.73. The molecule has 2 amide bonds. The van der Waals surface area contributed by atoms with E-state index < -0.39 is 0 Å². The highest BCUT2D eigenvalue weighted by atomic mass is 32.2. The van der Waals surface area contributed by atoms with Gasteiger partial charge in [-0.1, -0.05) is 24.3 Å². The Hall–Kier alpha value is -1.49. The van der Waals surface area contributed by atoms with Gasteiger partial charge >= 0.3 is 0 Å². The van der Waals surface area contributed by atoms with Crippen LogP contribution in [0.2, 0.25) is 0 Å². The van der Waals surface area contributed by atoms with E-state index in [0.717, 1.165) is 5.75 Å². The third-order valence-electron chi connectivity index (χ3n) is 2.48. The van der Waals surface area contributed by atoms with Gasteiger partial charge in [-0.3, -0.25) is 9.59 Å². The van der Waals surface area contributed by atoms with E-state index in [0.29, 0.717) is 5.75 Å². The fourth-order valence-electron chi connectivity index (χ4n) is 1.34. The van der Waals surface area contributed by atoms with Gasteiger partial charge in [-0.05, 0) is 18.1 Å². The van der Waals surface area contributed by atoms with Crippen LogP contribution in [0.4, 0.5) is 0 Å². The number of thioether (sulfide) groups is 1. The molecule has 0 aliphatic heterocycles. The minimum atomic E-state index is -0.188. The van der Waals surface area contributed by atoms with Crippen LogP contribution in [-0.2, 0) is 15.3 Å². The number of aryl methyl sites for hydroxylation is 1. The summed E-state index contributed by atoms with van der Waals surface area (Å²) in [5.41, 5.74) is 2.47. The normalized spacial score (nSPS) is 9.89. The highest BCUT2D eigenvalue weighted by molar-refractivity contribution is 7.99. The van der Waals surface area contributed by atoms with Crippen LogP contribution >= 0.6 is 11.8 Å². The molecule has 0 aromatic heterocycles. The lowest BCUT2D eigenvalue weighted by Gasteiger charge is -2.06. The van der Waals surface area contributed by atoms with Gasteiger partial charge < -0.3 is 10.6 Å². The molecule has 0 saturated heterocycles. The van der Waals surface area contributed by atoms with E-state index in [4.69, 9.17) is 0 Å². The van der Waals surface area contributed by atoms with Crippen molar-refractivity contribution in [3.8, 4) is 0 Å². The number of benzene rings is 1. The Balaban J connectivity index is 2.24. The second-order valence-corrected chi connectivity index (χ2v) is 4.85. The van der Waals surface area contributed by atoms with Crippen molar-refractivity contribution < 1.29 is 9.59 Å². The Kier molecular flexibility index (Phi) is 6.28. The van der Waals surface area contributed by atoms with Crippen molar-refractivity contribution in [2.75, 3.05) is 19.3 Å². The maximum atomic E-state index is 11.4. The average molecular weight is 266 g/mol. The smallest absolute Gasteiger partial charge is 0.239 e. The lowest BCUT2D eigenvalue weighted by atomic mass is 10.1. The molecule has 0 fully saturated rings. The molecule has 0 bridgehead atoms. The lowest BCUT2D eigenvalue weighted by molar-refractivity contribution is -0.124. The van der Waals surface area contributed by atoms with Gasteiger partial charge in [-0.2, -0.15) is 0 Å². The highest BCUT2D eigenvalue weighted by Gasteiger charge is 2.04. The van der Waals surface area contributed by atoms with Crippen LogP contribution in [0.5, 0.6) is 0 Å². The summed E-state index contributed by atoms with van der Waals surface area (Å²) in [6.45, 7) is 2.10. The summed E-state index contributed by atoms with van der Waals surface area (Å²) in [5, 5.41) is 5.01. The van der Waals surface area contributed by atoms with E-state index in [-0.39, 0.29) is 18.4 Å². The second-order valence-electron chi connectivity index (χ2n) is 3.87. The number of rotatable bonds is 6. The summed E-state index contributed by atoms with van der Waals surface area (Å²) in [4.78, 5) is 22.4. The molecule has 1 rings (SSSR count). The van der Waals surface area contributed by atoms with Crippen molar-refractivity contribution in [2.24, 2.45) is 0 Å². The summed E-state index contributed by atoms with van der Waals surface area (Å²) in [6.07, 6.45) is 0. The fraction of sp³-hybridized carbons (Fsp3) is 0.385. The second kappa shape index (κ2) is 7.76. The first kappa shape index (κ1) is 14.6. The monoisotopic (exact) mass is 266 g/mol. The number of hydrogen-bond donors (Lipinski definition) is 2. The third-order valence-corrected chi connectivity index (χ3v) is 3.46. The molecule has 2 N–H and O–H groups in total. The zero-order valence-electron chi connectivity index (χ0n) is 10.7. The number of likely N-dealkylation sites (N-methyl/N-ethyl adjacent to an activating group) is 1. The van der Waals surface area contributed by atoms with Gasteiger partial charge in [0, 0.05) is 12.8 Å². The molecule has 0 aliphatic rings. The fourth-order valence-corrected chi connectivity index (χ4v) is 2.28. The van der Waals surface area contributed by atoms with Crippen molar-refractivity contribution in [3.05, 3.63) is 35.4 Å². The zero-order chi connectivity index (χ0) is 13.4. The molecular weight excluding hydrogens is 248 g/mol. The molecule has 0 unspecified atom stereocenters. The third kappa shape index (κ3) is 5.23. The molecular formula is C13H18N2O2S. The number of carbonyl (C=O) groups is 2. The minimum Gasteiger partial charge on any atom is -0.358 e. The molecule has 1 aromatic carbocycles. The standard InChI is InChI=1S/C13H18N2O2S/c1-10-5-3-4-6-11(10)8-18-9-13(17)15-7-12(16)14-2/h3-6H,7-9H2,1-2H3,(H,14,16)(H,15,17). The maximum Gasteiger partial charge on any atom is 0.239 e. The molecule has 0 spiro atoms. The van der Waals surface area contributed by atoms with Crippen LogP contribution in [0.25, 0.3) is 0 Å². The summed E-state index contributed by atoms with van der Waals surface area (Å²) in [6, 6.07) is 8.11. The minimum absolute atomic E-state index is 0.0419. The van der Waals surface area contributed by atoms with Gasteiger partial charge in [0.15, 0.2) is 0 Å². The first-order valence-corrected chi connectivity index (χ1v) is 6.88. The van der Waals surface area contributed by atoms with E-state index >= 15 is 0 Å². The van der Waals surface area contributed by atoms with Crippen LogP contribution in [0, 0.1) is 6.92 Å². The van der Waals surface area contributed by atoms with Gasteiger partial charge in [0.1, 0.15) is 0 Å². The van der Waals surface area contributed by atoms with E-state index in [1.165, 1.54) is 11.1 Å². The molecule has 4 nitrogen and oxygen atoms in total. The molecule has 0 saturated carbocycles. The zero-order valence-corrected chi connectivity index (χ0v) is 11.5. The van der Waals surface area contributed by atoms with Crippen LogP contribution in [0.3, 0.4) is 0 Å². The van der Waals surface area contributed by atoms with Gasteiger partial charge in [-0.25, -0.2) is 0 Å². The Morgan fingerprint density at radius 2 is 1.94 bits per heavy atom. The summed E-state index contributed by atoms with van der Waals surface area (Å²) in [5.74, 6) is 0.871. The Morgan fingerprint density at radius 3 is 2.61 bits per heavy atom. The number of carbonyl (C=O) groups excluding carboxylic acids is 2. The summed E-state index contributed by atoms with van der Waals surface area (Å²) in [7, 11) is 1.54. The molecule has 1 aromatic rings. The topological polar surface area (TPSA) is 58.2 Å². The van der Waals surface area contributed by atoms with Crippen LogP contribution in [0.15, 0.2) is 24.3 Å². The van der Waals surface area contributed by atoms with E-state index in [9.17, 15) is 9.59 Å². The van der Waals surface area contributed by atoms with Gasteiger partial charge in [-0.15, -0.1) is 11.8 Å². The molecule has 0 atom stereocenters. The molecule has 0 aliphatic carbocycles. The predicted octanol–water partition coefficient (Wildman–Crippen LogP) is 1.09. The lowest BCUT2D eigenvalue weighted by Crippen LogP contribution is -2.36. The number of hydrogen-bond acceptors (Lipinski definition) is 3. The average Bonchev–Trinajstić information content (AvgIpc) is 2.38. The van der Waals surface area contributed by atoms with Crippen molar-refractivity contribution in [2.45, 2.75) is 12.7 Å². The predicted molar refractivity (Wildman–Crippen MR) is 74.4 cm³/mol. The maximum absolute atomic E-state index is 11.4. The quantitative estimate of drug-likeness (QED) is 0.810. The van der Waals surface area contributed by atoms with Gasteiger partial charge in [0.25, 0.3) is 0 Å². The summed E-state index contributed by atoms with van der Waals surface area (Å²) >= 11 is 1.54. The Bertz CT molecular complexity index is 421. The van der Waals surface area contributed by atoms with Gasteiger partial charge in [0.05, 0.1) is 12.3 Å². The van der Waals surface area contributed by atoms with Crippen LogP contribution in [-0.4, -0.2) is 31.2 Å². The molecule has 0 heterocycles. The highest BCUT2D eigenvalue weighted by Crippen LogP contribution is 2.15. The Morgan fingerprint density at radius 1 is 1.22 bits per heavy atom. The van der Waals surface area contributed by atoms with Crippen LogP contribution < -0.4 is 10.6 Å². The van der Waals surface area contributed by atoms with E-state index in [2.05, 4.69) is 29.7 Å². The van der Waals surface area contributed by atoms with Crippen molar-refractivity contribution in [1.29, 1.82) is 0 Å². The van der Waals surface area contributed by atoms with Gasteiger partial charge in [0.2, 0.25) is 11.8 Å². The van der Waals surface area contributed by atoms with E-state index in [1.54, 1.807) is 18.8 Å². The number of nitrogens with one attached hydrogen (secondary N) is 2. The molecule has 0 radical (unpaired) electrons. The SMILES string of the molecule is CNC(=O)CNC(=O)CSCc1ccccc1C. The number of amides is 2. The Labute approximate surface area is 112 Å². The molecule has 98 valence electrons. The van der Waals surface area contributed by atoms with Crippen molar-refractivity contribution >= 4 is 23.6 Å². The van der Waals surface area contributed by atoms with E-state index in [1.807, 2.05) is 12.1 Å². The largest absolute Gasteiger partial charge is 0.358 e. The van der Waals surface area contributed by atoms with Crippen LogP contribution in [0.1, 0.15) is 11.1 Å². The first-order chi connectivity index (χ1) is 8.63. The molecule has 5 heteroatoms. The molecule has 18 heavy (non-hydrogen) atoms. The van der Waals surface area contributed by atoms with Crippen molar-refractivity contribution in [1.82, 2.24) is 10.6 Å². The summed E-state index contributed by atoms with van der Waals surface area (Å²) < 4.78 is 0.